The largest absolute Gasteiger partial charge is 0.416 e. The van der Waals surface area contributed by atoms with Crippen LogP contribution in [0, 0.1) is 25.2 Å². The van der Waals surface area contributed by atoms with Crippen molar-refractivity contribution in [1.29, 1.82) is 0 Å². The summed E-state index contributed by atoms with van der Waals surface area (Å²) in [6.07, 6.45) is -3.62. The molecule has 1 N–H and O–H groups in total. The minimum atomic E-state index is -4.51. The molecule has 1 fully saturated rings. The van der Waals surface area contributed by atoms with Crippen molar-refractivity contribution < 1.29 is 18.0 Å². The van der Waals surface area contributed by atoms with Gasteiger partial charge in [0.15, 0.2) is 0 Å². The number of hydrogen-bond acceptors (Lipinski definition) is 3. The highest BCUT2D eigenvalue weighted by atomic mass is 19.4. The van der Waals surface area contributed by atoms with Crippen LogP contribution < -0.4 is 5.32 Å². The molecule has 1 heterocycles. The molecule has 0 saturated heterocycles. The highest BCUT2D eigenvalue weighted by molar-refractivity contribution is 6.10. The van der Waals surface area contributed by atoms with Crippen LogP contribution in [0.4, 0.5) is 24.5 Å². The highest BCUT2D eigenvalue weighted by Gasteiger charge is 2.46. The van der Waals surface area contributed by atoms with Crippen molar-refractivity contribution in [3.05, 3.63) is 58.7 Å². The third kappa shape index (κ3) is 3.64. The van der Waals surface area contributed by atoms with Gasteiger partial charge in [-0.25, -0.2) is 0 Å². The van der Waals surface area contributed by atoms with Crippen molar-refractivity contribution in [2.24, 2.45) is 16.3 Å². The minimum absolute atomic E-state index is 0.0688. The van der Waals surface area contributed by atoms with Crippen LogP contribution in [0.3, 0.4) is 0 Å². The van der Waals surface area contributed by atoms with Crippen LogP contribution in [0.2, 0.25) is 0 Å². The summed E-state index contributed by atoms with van der Waals surface area (Å²) in [5.74, 6) is -0.796. The number of halogens is 3. The normalized spacial score (nSPS) is 23.0. The molecule has 0 bridgehead atoms. The van der Waals surface area contributed by atoms with Gasteiger partial charge in [-0.1, -0.05) is 32.0 Å². The lowest BCUT2D eigenvalue weighted by Gasteiger charge is -2.38. The summed E-state index contributed by atoms with van der Waals surface area (Å²) in [6, 6.07) is 8.54. The van der Waals surface area contributed by atoms with Gasteiger partial charge in [-0.2, -0.15) is 13.2 Å². The number of Topliss-reactive ketones (excluding diaryl/α,β-unsaturated/α-hetero) is 1. The molecule has 6 heteroatoms. The number of anilines is 1. The molecule has 0 radical (unpaired) electrons. The van der Waals surface area contributed by atoms with Gasteiger partial charge in [-0.05, 0) is 60.6 Å². The Labute approximate surface area is 174 Å². The number of rotatable bonds is 1. The first-order chi connectivity index (χ1) is 14.0. The molecule has 2 unspecified atom stereocenters. The van der Waals surface area contributed by atoms with Gasteiger partial charge in [0, 0.05) is 12.1 Å². The topological polar surface area (TPSA) is 41.5 Å². The van der Waals surface area contributed by atoms with E-state index in [0.717, 1.165) is 17.2 Å². The van der Waals surface area contributed by atoms with Crippen LogP contribution in [0.15, 0.2) is 41.4 Å². The summed E-state index contributed by atoms with van der Waals surface area (Å²) >= 11 is 0. The van der Waals surface area contributed by atoms with Gasteiger partial charge >= 0.3 is 6.18 Å². The van der Waals surface area contributed by atoms with Gasteiger partial charge in [-0.3, -0.25) is 9.79 Å². The van der Waals surface area contributed by atoms with Crippen LogP contribution in [0.1, 0.15) is 55.0 Å². The Morgan fingerprint density at radius 1 is 1.07 bits per heavy atom. The molecule has 1 saturated carbocycles. The number of ketones is 1. The Bertz CT molecular complexity index is 1050. The maximum Gasteiger partial charge on any atom is 0.416 e. The first-order valence-corrected chi connectivity index (χ1v) is 10.1. The summed E-state index contributed by atoms with van der Waals surface area (Å²) in [5, 5.41) is 3.28. The monoisotopic (exact) mass is 414 g/mol. The predicted molar refractivity (Wildman–Crippen MR) is 112 cm³/mol. The van der Waals surface area contributed by atoms with E-state index in [1.165, 1.54) is 12.1 Å². The number of aliphatic imine (C=N–C) groups is 1. The van der Waals surface area contributed by atoms with E-state index in [1.807, 2.05) is 39.8 Å². The number of nitrogens with one attached hydrogen (secondary N) is 1. The lowest BCUT2D eigenvalue weighted by Crippen LogP contribution is -2.42. The molecule has 158 valence electrons. The van der Waals surface area contributed by atoms with Crippen molar-refractivity contribution in [2.45, 2.75) is 52.8 Å². The van der Waals surface area contributed by atoms with Gasteiger partial charge in [0.2, 0.25) is 0 Å². The number of aryl methyl sites for hydroxylation is 2. The van der Waals surface area contributed by atoms with E-state index in [9.17, 15) is 18.0 Å². The van der Waals surface area contributed by atoms with Crippen LogP contribution in [-0.2, 0) is 11.0 Å². The summed E-state index contributed by atoms with van der Waals surface area (Å²) in [5.41, 5.74) is 3.16. The van der Waals surface area contributed by atoms with Crippen LogP contribution in [0.5, 0.6) is 0 Å². The maximum atomic E-state index is 13.8. The number of carbonyl (C=O) groups excluding carboxylic acids is 1. The Morgan fingerprint density at radius 2 is 1.73 bits per heavy atom. The summed E-state index contributed by atoms with van der Waals surface area (Å²) in [7, 11) is 0. The zero-order valence-corrected chi connectivity index (χ0v) is 17.5. The molecule has 0 aromatic heterocycles. The average molecular weight is 414 g/mol. The molecule has 2 aliphatic rings. The van der Waals surface area contributed by atoms with E-state index < -0.39 is 23.7 Å². The van der Waals surface area contributed by atoms with Gasteiger partial charge in [0.1, 0.15) is 5.78 Å². The second-order valence-corrected chi connectivity index (χ2v) is 9.23. The Kier molecular flexibility index (Phi) is 4.79. The van der Waals surface area contributed by atoms with Gasteiger partial charge in [0.05, 0.1) is 28.9 Å². The number of nitrogens with zero attached hydrogens (tertiary/aromatic N) is 1. The SMILES string of the molecule is Cc1cc2c(cc1C)NC(c1ccccc1C(F)(F)F)C1C(=O)CC(C)(C)CC1=N2. The maximum absolute atomic E-state index is 13.8. The van der Waals surface area contributed by atoms with E-state index in [2.05, 4.69) is 5.32 Å². The van der Waals surface area contributed by atoms with E-state index in [-0.39, 0.29) is 16.8 Å². The lowest BCUT2D eigenvalue weighted by atomic mass is 9.68. The molecule has 3 nitrogen and oxygen atoms in total. The van der Waals surface area contributed by atoms with Crippen molar-refractivity contribution in [2.75, 3.05) is 5.32 Å². The minimum Gasteiger partial charge on any atom is -0.375 e. The fourth-order valence-corrected chi connectivity index (χ4v) is 4.62. The number of alkyl halides is 3. The summed E-state index contributed by atoms with van der Waals surface area (Å²) in [4.78, 5) is 18.1. The molecule has 2 atom stereocenters. The Morgan fingerprint density at radius 3 is 2.43 bits per heavy atom. The number of hydrogen-bond donors (Lipinski definition) is 1. The van der Waals surface area contributed by atoms with Crippen LogP contribution >= 0.6 is 0 Å². The zero-order valence-electron chi connectivity index (χ0n) is 17.5. The van der Waals surface area contributed by atoms with Crippen molar-refractivity contribution >= 4 is 22.9 Å². The average Bonchev–Trinajstić information content (AvgIpc) is 2.77. The van der Waals surface area contributed by atoms with Crippen LogP contribution in [-0.4, -0.2) is 11.5 Å². The fraction of sp³-hybridized carbons (Fsp3) is 0.417. The third-order valence-electron chi connectivity index (χ3n) is 6.14. The number of carbonyl (C=O) groups is 1. The van der Waals surface area contributed by atoms with Crippen molar-refractivity contribution in [3.8, 4) is 0 Å². The third-order valence-corrected chi connectivity index (χ3v) is 6.14. The summed E-state index contributed by atoms with van der Waals surface area (Å²) in [6.45, 7) is 7.93. The first kappa shape index (κ1) is 20.6. The highest BCUT2D eigenvalue weighted by Crippen LogP contribution is 2.47. The molecule has 0 amide bonds. The number of benzene rings is 2. The van der Waals surface area contributed by atoms with Crippen molar-refractivity contribution in [3.63, 3.8) is 0 Å². The Hall–Kier alpha value is -2.63. The second kappa shape index (κ2) is 6.96. The Balaban J connectivity index is 1.94. The standard InChI is InChI=1S/C24H25F3N2O/c1-13-9-17-18(10-14(13)2)29-22(15-7-5-6-8-16(15)24(25,26)27)21-19(28-17)11-23(3,4)12-20(21)30/h5-10,21-22,29H,11-12H2,1-4H3. The molecule has 1 aliphatic carbocycles. The van der Waals surface area contributed by atoms with E-state index in [4.69, 9.17) is 4.99 Å². The zero-order chi connectivity index (χ0) is 21.8. The fourth-order valence-electron chi connectivity index (χ4n) is 4.62. The lowest BCUT2D eigenvalue weighted by molar-refractivity contribution is -0.138. The summed E-state index contributed by atoms with van der Waals surface area (Å²) < 4.78 is 41.5. The molecular weight excluding hydrogens is 389 g/mol. The van der Waals surface area contributed by atoms with Gasteiger partial charge in [0.25, 0.3) is 0 Å². The molecule has 2 aromatic rings. The quantitative estimate of drug-likeness (QED) is 0.574. The second-order valence-electron chi connectivity index (χ2n) is 9.23. The van der Waals surface area contributed by atoms with E-state index in [1.54, 1.807) is 6.07 Å². The van der Waals surface area contributed by atoms with Crippen LogP contribution in [0.25, 0.3) is 0 Å². The molecule has 0 spiro atoms. The van der Waals surface area contributed by atoms with Crippen molar-refractivity contribution in [1.82, 2.24) is 0 Å². The molecular formula is C24H25F3N2O. The predicted octanol–water partition coefficient (Wildman–Crippen LogP) is 6.57. The molecule has 4 rings (SSSR count). The molecule has 30 heavy (non-hydrogen) atoms. The first-order valence-electron chi connectivity index (χ1n) is 10.1. The van der Waals surface area contributed by atoms with E-state index in [0.29, 0.717) is 29.9 Å². The molecule has 2 aromatic carbocycles. The van der Waals surface area contributed by atoms with Gasteiger partial charge in [-0.15, -0.1) is 0 Å². The van der Waals surface area contributed by atoms with E-state index >= 15 is 0 Å². The number of fused-ring (bicyclic) bond motifs is 2. The molecule has 1 aliphatic heterocycles. The smallest absolute Gasteiger partial charge is 0.375 e. The van der Waals surface area contributed by atoms with Gasteiger partial charge < -0.3 is 5.32 Å².